The van der Waals surface area contributed by atoms with Crippen LogP contribution < -0.4 is 15.4 Å². The maximum atomic E-state index is 12.4. The SMILES string of the molecule is CNc1nnc(SCC(=O)N2CCc3cc(S(N)(=O)=O)ccc32)s1. The molecule has 1 aromatic carbocycles. The van der Waals surface area contributed by atoms with Crippen LogP contribution in [-0.4, -0.2) is 43.9 Å². The number of carbonyl (C=O) groups excluding carboxylic acids is 1. The number of nitrogens with one attached hydrogen (secondary N) is 1. The van der Waals surface area contributed by atoms with E-state index in [1.165, 1.54) is 35.2 Å². The molecule has 1 aromatic heterocycles. The van der Waals surface area contributed by atoms with Crippen LogP contribution >= 0.6 is 23.1 Å². The molecule has 0 atom stereocenters. The minimum atomic E-state index is -3.74. The van der Waals surface area contributed by atoms with Crippen LogP contribution in [0.1, 0.15) is 5.56 Å². The highest BCUT2D eigenvalue weighted by Crippen LogP contribution is 2.31. The molecular formula is C13H15N5O3S3. The Hall–Kier alpha value is -1.69. The molecule has 2 heterocycles. The van der Waals surface area contributed by atoms with Crippen molar-refractivity contribution in [2.24, 2.45) is 5.14 Å². The Balaban J connectivity index is 1.70. The Kier molecular flexibility index (Phi) is 4.76. The van der Waals surface area contributed by atoms with Crippen molar-refractivity contribution in [3.05, 3.63) is 23.8 Å². The lowest BCUT2D eigenvalue weighted by molar-refractivity contribution is -0.116. The predicted octanol–water partition coefficient (Wildman–Crippen LogP) is 0.909. The number of benzene rings is 1. The lowest BCUT2D eigenvalue weighted by Gasteiger charge is -2.16. The van der Waals surface area contributed by atoms with Gasteiger partial charge in [0.15, 0.2) is 4.34 Å². The highest BCUT2D eigenvalue weighted by Gasteiger charge is 2.26. The molecule has 0 aliphatic carbocycles. The van der Waals surface area contributed by atoms with Gasteiger partial charge >= 0.3 is 0 Å². The van der Waals surface area contributed by atoms with E-state index in [-0.39, 0.29) is 16.6 Å². The van der Waals surface area contributed by atoms with E-state index < -0.39 is 10.0 Å². The first-order valence-corrected chi connectivity index (χ1v) is 10.3. The fourth-order valence-electron chi connectivity index (χ4n) is 2.38. The fraction of sp³-hybridized carbons (Fsp3) is 0.308. The molecule has 0 saturated carbocycles. The Labute approximate surface area is 147 Å². The quantitative estimate of drug-likeness (QED) is 0.734. The number of primary sulfonamides is 1. The number of fused-ring (bicyclic) bond motifs is 1. The molecule has 0 spiro atoms. The minimum absolute atomic E-state index is 0.0525. The Bertz CT molecular complexity index is 881. The van der Waals surface area contributed by atoms with E-state index in [0.717, 1.165) is 15.6 Å². The molecule has 3 rings (SSSR count). The second kappa shape index (κ2) is 6.67. The summed E-state index contributed by atoms with van der Waals surface area (Å²) in [5, 5.41) is 16.6. The minimum Gasteiger partial charge on any atom is -0.363 e. The Morgan fingerprint density at radius 2 is 2.25 bits per heavy atom. The molecule has 1 aliphatic rings. The second-order valence-electron chi connectivity index (χ2n) is 5.04. The third-order valence-electron chi connectivity index (χ3n) is 3.52. The number of nitrogens with two attached hydrogens (primary N) is 1. The van der Waals surface area contributed by atoms with Crippen molar-refractivity contribution in [2.75, 3.05) is 29.6 Å². The van der Waals surface area contributed by atoms with Gasteiger partial charge in [-0.3, -0.25) is 4.79 Å². The van der Waals surface area contributed by atoms with E-state index in [1.807, 2.05) is 0 Å². The van der Waals surface area contributed by atoms with Gasteiger partial charge in [0.25, 0.3) is 0 Å². The van der Waals surface area contributed by atoms with Gasteiger partial charge < -0.3 is 10.2 Å². The zero-order valence-electron chi connectivity index (χ0n) is 12.7. The molecule has 2 aromatic rings. The van der Waals surface area contributed by atoms with Gasteiger partial charge in [0.2, 0.25) is 21.1 Å². The van der Waals surface area contributed by atoms with Crippen LogP contribution in [0.4, 0.5) is 10.8 Å². The number of sulfonamides is 1. The van der Waals surface area contributed by atoms with E-state index in [2.05, 4.69) is 15.5 Å². The van der Waals surface area contributed by atoms with E-state index in [9.17, 15) is 13.2 Å². The van der Waals surface area contributed by atoms with Crippen molar-refractivity contribution >= 4 is 49.8 Å². The summed E-state index contributed by atoms with van der Waals surface area (Å²) in [5.41, 5.74) is 1.55. The monoisotopic (exact) mass is 385 g/mol. The smallest absolute Gasteiger partial charge is 0.238 e. The van der Waals surface area contributed by atoms with E-state index in [0.29, 0.717) is 18.1 Å². The van der Waals surface area contributed by atoms with Crippen molar-refractivity contribution in [3.8, 4) is 0 Å². The molecule has 0 unspecified atom stereocenters. The zero-order valence-corrected chi connectivity index (χ0v) is 15.2. The summed E-state index contributed by atoms with van der Waals surface area (Å²) in [4.78, 5) is 14.2. The predicted molar refractivity (Wildman–Crippen MR) is 94.1 cm³/mol. The van der Waals surface area contributed by atoms with Gasteiger partial charge in [-0.1, -0.05) is 23.1 Å². The number of aromatic nitrogens is 2. The molecule has 0 radical (unpaired) electrons. The lowest BCUT2D eigenvalue weighted by Crippen LogP contribution is -2.30. The average molecular weight is 385 g/mol. The zero-order chi connectivity index (χ0) is 17.3. The van der Waals surface area contributed by atoms with Crippen molar-refractivity contribution in [3.63, 3.8) is 0 Å². The maximum absolute atomic E-state index is 12.4. The third-order valence-corrected chi connectivity index (χ3v) is 6.49. The van der Waals surface area contributed by atoms with Gasteiger partial charge in [-0.2, -0.15) is 0 Å². The van der Waals surface area contributed by atoms with Crippen molar-refractivity contribution < 1.29 is 13.2 Å². The first-order chi connectivity index (χ1) is 11.4. The van der Waals surface area contributed by atoms with Crippen LogP contribution in [0.25, 0.3) is 0 Å². The first kappa shape index (κ1) is 17.1. The molecular weight excluding hydrogens is 370 g/mol. The Morgan fingerprint density at radius 1 is 1.46 bits per heavy atom. The lowest BCUT2D eigenvalue weighted by atomic mass is 10.2. The highest BCUT2D eigenvalue weighted by atomic mass is 32.2. The van der Waals surface area contributed by atoms with Gasteiger partial charge in [-0.05, 0) is 30.2 Å². The van der Waals surface area contributed by atoms with Crippen molar-refractivity contribution in [2.45, 2.75) is 15.7 Å². The topological polar surface area (TPSA) is 118 Å². The highest BCUT2D eigenvalue weighted by molar-refractivity contribution is 8.01. The average Bonchev–Trinajstić information content (AvgIpc) is 3.17. The van der Waals surface area contributed by atoms with Crippen LogP contribution in [0.3, 0.4) is 0 Å². The van der Waals surface area contributed by atoms with Gasteiger partial charge in [-0.15, -0.1) is 10.2 Å². The van der Waals surface area contributed by atoms with Crippen LogP contribution in [0.2, 0.25) is 0 Å². The summed E-state index contributed by atoms with van der Waals surface area (Å²) in [6.45, 7) is 0.528. The number of rotatable bonds is 5. The van der Waals surface area contributed by atoms with Gasteiger partial charge in [0.1, 0.15) is 0 Å². The van der Waals surface area contributed by atoms with Crippen molar-refractivity contribution in [1.29, 1.82) is 0 Å². The number of hydrogen-bond donors (Lipinski definition) is 2. The first-order valence-electron chi connectivity index (χ1n) is 6.98. The number of carbonyl (C=O) groups is 1. The molecule has 0 saturated heterocycles. The van der Waals surface area contributed by atoms with Gasteiger partial charge in [0, 0.05) is 19.3 Å². The van der Waals surface area contributed by atoms with Gasteiger partial charge in [-0.25, -0.2) is 13.6 Å². The number of anilines is 2. The summed E-state index contributed by atoms with van der Waals surface area (Å²) in [5.74, 6) is 0.192. The molecule has 1 amide bonds. The maximum Gasteiger partial charge on any atom is 0.238 e. The van der Waals surface area contributed by atoms with Crippen LogP contribution in [0, 0.1) is 0 Å². The largest absolute Gasteiger partial charge is 0.363 e. The molecule has 1 aliphatic heterocycles. The summed E-state index contributed by atoms with van der Waals surface area (Å²) in [6.07, 6.45) is 0.609. The number of amides is 1. The molecule has 128 valence electrons. The van der Waals surface area contributed by atoms with E-state index >= 15 is 0 Å². The van der Waals surface area contributed by atoms with Crippen LogP contribution in [0.5, 0.6) is 0 Å². The summed E-state index contributed by atoms with van der Waals surface area (Å²) in [6, 6.07) is 4.60. The van der Waals surface area contributed by atoms with Crippen LogP contribution in [-0.2, 0) is 21.2 Å². The normalized spacial score (nSPS) is 13.8. The fourth-order valence-corrected chi connectivity index (χ4v) is 4.53. The standard InChI is InChI=1S/C13H15N5O3S3/c1-15-12-16-17-13(23-12)22-7-11(19)18-5-4-8-6-9(24(14,20)21)2-3-10(8)18/h2-3,6H,4-5,7H2,1H3,(H,15,16)(H2,14,20,21). The summed E-state index contributed by atoms with van der Waals surface area (Å²) in [7, 11) is -1.97. The van der Waals surface area contributed by atoms with Gasteiger partial charge in [0.05, 0.1) is 10.6 Å². The summed E-state index contributed by atoms with van der Waals surface area (Å²) >= 11 is 2.72. The Morgan fingerprint density at radius 3 is 2.92 bits per heavy atom. The molecule has 0 fully saturated rings. The van der Waals surface area contributed by atoms with E-state index in [4.69, 9.17) is 5.14 Å². The second-order valence-corrected chi connectivity index (χ2v) is 8.80. The molecule has 8 nitrogen and oxygen atoms in total. The van der Waals surface area contributed by atoms with E-state index in [1.54, 1.807) is 18.0 Å². The third kappa shape index (κ3) is 3.53. The molecule has 3 N–H and O–H groups in total. The molecule has 11 heteroatoms. The van der Waals surface area contributed by atoms with Crippen molar-refractivity contribution in [1.82, 2.24) is 10.2 Å². The number of hydrogen-bond acceptors (Lipinski definition) is 8. The number of nitrogens with zero attached hydrogens (tertiary/aromatic N) is 3. The van der Waals surface area contributed by atoms with Crippen LogP contribution in [0.15, 0.2) is 27.4 Å². The number of thioether (sulfide) groups is 1. The molecule has 24 heavy (non-hydrogen) atoms. The summed E-state index contributed by atoms with van der Waals surface area (Å²) < 4.78 is 23.5. The molecule has 0 bridgehead atoms.